The van der Waals surface area contributed by atoms with E-state index in [0.29, 0.717) is 27.7 Å². The van der Waals surface area contributed by atoms with Gasteiger partial charge in [-0.15, -0.1) is 0 Å². The van der Waals surface area contributed by atoms with Crippen LogP contribution < -0.4 is 10.6 Å². The number of carbonyl (C=O) groups is 2. The Labute approximate surface area is 195 Å². The van der Waals surface area contributed by atoms with Crippen molar-refractivity contribution in [2.24, 2.45) is 0 Å². The number of anilines is 1. The van der Waals surface area contributed by atoms with E-state index in [9.17, 15) is 22.8 Å². The maximum Gasteiger partial charge on any atom is 0.257 e. The highest BCUT2D eigenvalue weighted by Gasteiger charge is 2.17. The Morgan fingerprint density at radius 1 is 1.09 bits per heavy atom. The van der Waals surface area contributed by atoms with Gasteiger partial charge in [-0.2, -0.15) is 5.10 Å². The summed E-state index contributed by atoms with van der Waals surface area (Å²) in [6.45, 7) is -0.763. The second-order valence-corrected chi connectivity index (χ2v) is 7.57. The number of nitrogens with one attached hydrogen (secondary N) is 3. The van der Waals surface area contributed by atoms with Crippen LogP contribution in [0.2, 0.25) is 0 Å². The molecule has 2 amide bonds. The van der Waals surface area contributed by atoms with Crippen LogP contribution in [0.5, 0.6) is 0 Å². The summed E-state index contributed by atoms with van der Waals surface area (Å²) in [4.78, 5) is 36.1. The number of aromatic nitrogens is 5. The first kappa shape index (κ1) is 22.1. The Bertz CT molecular complexity index is 1580. The van der Waals surface area contributed by atoms with Gasteiger partial charge in [0.15, 0.2) is 0 Å². The lowest BCUT2D eigenvalue weighted by molar-refractivity contribution is 0.0893. The average molecular weight is 479 g/mol. The predicted molar refractivity (Wildman–Crippen MR) is 121 cm³/mol. The van der Waals surface area contributed by atoms with E-state index in [1.54, 1.807) is 30.6 Å². The third-order valence-electron chi connectivity index (χ3n) is 5.25. The van der Waals surface area contributed by atoms with Gasteiger partial charge in [0.1, 0.15) is 11.5 Å². The van der Waals surface area contributed by atoms with Crippen LogP contribution in [0.15, 0.2) is 61.4 Å². The summed E-state index contributed by atoms with van der Waals surface area (Å²) in [5.74, 6) is -1.74. The molecule has 0 aliphatic rings. The van der Waals surface area contributed by atoms with Gasteiger partial charge in [-0.1, -0.05) is 0 Å². The van der Waals surface area contributed by atoms with Crippen molar-refractivity contribution in [3.8, 4) is 11.1 Å². The molecule has 9 nitrogen and oxygen atoms in total. The third-order valence-corrected chi connectivity index (χ3v) is 5.25. The largest absolute Gasteiger partial charge is 0.346 e. The fourth-order valence-electron chi connectivity index (χ4n) is 3.64. The maximum absolute atomic E-state index is 13.4. The Morgan fingerprint density at radius 2 is 1.94 bits per heavy atom. The summed E-state index contributed by atoms with van der Waals surface area (Å²) in [6.07, 6.45) is 5.71. The van der Waals surface area contributed by atoms with E-state index in [4.69, 9.17) is 0 Å². The number of rotatable bonds is 6. The Morgan fingerprint density at radius 3 is 2.74 bits per heavy atom. The molecule has 5 heterocycles. The van der Waals surface area contributed by atoms with E-state index in [1.807, 2.05) is 0 Å². The smallest absolute Gasteiger partial charge is 0.257 e. The highest BCUT2D eigenvalue weighted by atomic mass is 19.3. The van der Waals surface area contributed by atoms with Gasteiger partial charge in [0.25, 0.3) is 18.2 Å². The molecule has 3 N–H and O–H groups in total. The zero-order valence-corrected chi connectivity index (χ0v) is 17.8. The molecule has 0 unspecified atom stereocenters. The number of hydrogen-bond donors (Lipinski definition) is 3. The van der Waals surface area contributed by atoms with Crippen LogP contribution >= 0.6 is 0 Å². The minimum atomic E-state index is -2.67. The second kappa shape index (κ2) is 8.89. The molecule has 0 fully saturated rings. The van der Waals surface area contributed by atoms with Crippen LogP contribution in [0.4, 0.5) is 18.9 Å². The molecule has 5 aromatic rings. The molecule has 0 bridgehead atoms. The maximum atomic E-state index is 13.4. The average Bonchev–Trinajstić information content (AvgIpc) is 3.46. The molecule has 0 aliphatic carbocycles. The van der Waals surface area contributed by atoms with E-state index < -0.39 is 30.6 Å². The number of aromatic amines is 1. The van der Waals surface area contributed by atoms with Gasteiger partial charge < -0.3 is 15.6 Å². The molecule has 0 saturated carbocycles. The molecule has 0 aliphatic heterocycles. The standard InChI is InChI=1S/C23H16F3N7O2/c24-14-5-15(8-27-7-14)32-22(34)13-3-16-17(9-29-21(16)28-6-13)12-1-2-33-19(4-12)18(10-31-33)23(35)30-11-20(25)26/h1-10,20H,11H2,(H,28,29)(H,30,35)(H,32,34). The molecule has 0 spiro atoms. The van der Waals surface area contributed by atoms with Gasteiger partial charge in [0, 0.05) is 35.6 Å². The molecule has 176 valence electrons. The number of amides is 2. The molecule has 0 saturated heterocycles. The van der Waals surface area contributed by atoms with Crippen molar-refractivity contribution in [1.82, 2.24) is 29.9 Å². The molecular weight excluding hydrogens is 463 g/mol. The highest BCUT2D eigenvalue weighted by molar-refractivity contribution is 6.07. The summed E-state index contributed by atoms with van der Waals surface area (Å²) >= 11 is 0. The summed E-state index contributed by atoms with van der Waals surface area (Å²) in [7, 11) is 0. The molecule has 0 atom stereocenters. The summed E-state index contributed by atoms with van der Waals surface area (Å²) in [5.41, 5.74) is 2.90. The van der Waals surface area contributed by atoms with Crippen LogP contribution in [0.3, 0.4) is 0 Å². The minimum Gasteiger partial charge on any atom is -0.346 e. The third kappa shape index (κ3) is 4.40. The Kier molecular flexibility index (Phi) is 5.61. The molecular formula is C23H16F3N7O2. The molecule has 5 aromatic heterocycles. The lowest BCUT2D eigenvalue weighted by atomic mass is 10.0. The van der Waals surface area contributed by atoms with Gasteiger partial charge in [-0.05, 0) is 23.8 Å². The lowest BCUT2D eigenvalue weighted by Gasteiger charge is -2.06. The van der Waals surface area contributed by atoms with Crippen LogP contribution in [-0.2, 0) is 0 Å². The number of carbonyl (C=O) groups excluding carboxylic acids is 2. The number of H-pyrrole nitrogens is 1. The zero-order chi connectivity index (χ0) is 24.5. The molecule has 0 aromatic carbocycles. The summed E-state index contributed by atoms with van der Waals surface area (Å²) in [6, 6.07) is 6.23. The number of hydrogen-bond acceptors (Lipinski definition) is 5. The van der Waals surface area contributed by atoms with Gasteiger partial charge in [0.05, 0.1) is 47.5 Å². The van der Waals surface area contributed by atoms with E-state index >= 15 is 0 Å². The van der Waals surface area contributed by atoms with Crippen molar-refractivity contribution in [2.75, 3.05) is 11.9 Å². The van der Waals surface area contributed by atoms with Crippen molar-refractivity contribution < 1.29 is 22.8 Å². The van der Waals surface area contributed by atoms with E-state index in [0.717, 1.165) is 12.3 Å². The van der Waals surface area contributed by atoms with Crippen LogP contribution in [0, 0.1) is 5.82 Å². The van der Waals surface area contributed by atoms with E-state index in [-0.39, 0.29) is 16.8 Å². The fourth-order valence-corrected chi connectivity index (χ4v) is 3.64. The first-order chi connectivity index (χ1) is 16.9. The quantitative estimate of drug-likeness (QED) is 0.344. The molecule has 0 radical (unpaired) electrons. The zero-order valence-electron chi connectivity index (χ0n) is 17.8. The van der Waals surface area contributed by atoms with Crippen molar-refractivity contribution in [2.45, 2.75) is 6.43 Å². The molecule has 5 rings (SSSR count). The van der Waals surface area contributed by atoms with Crippen molar-refractivity contribution in [1.29, 1.82) is 0 Å². The van der Waals surface area contributed by atoms with Gasteiger partial charge in [0.2, 0.25) is 0 Å². The topological polar surface area (TPSA) is 117 Å². The molecule has 12 heteroatoms. The molecule has 35 heavy (non-hydrogen) atoms. The van der Waals surface area contributed by atoms with Crippen LogP contribution in [0.25, 0.3) is 27.7 Å². The number of alkyl halides is 2. The van der Waals surface area contributed by atoms with E-state index in [2.05, 4.69) is 30.7 Å². The van der Waals surface area contributed by atoms with Crippen LogP contribution in [-0.4, -0.2) is 49.4 Å². The number of fused-ring (bicyclic) bond motifs is 2. The van der Waals surface area contributed by atoms with Crippen molar-refractivity contribution in [3.63, 3.8) is 0 Å². The van der Waals surface area contributed by atoms with Gasteiger partial charge in [-0.25, -0.2) is 22.7 Å². The van der Waals surface area contributed by atoms with E-state index in [1.165, 1.54) is 23.1 Å². The first-order valence-corrected chi connectivity index (χ1v) is 10.3. The highest BCUT2D eigenvalue weighted by Crippen LogP contribution is 2.30. The number of halogens is 3. The first-order valence-electron chi connectivity index (χ1n) is 10.3. The fraction of sp³-hybridized carbons (Fsp3) is 0.0870. The number of pyridine rings is 3. The van der Waals surface area contributed by atoms with Crippen LogP contribution in [0.1, 0.15) is 20.7 Å². The summed E-state index contributed by atoms with van der Waals surface area (Å²) in [5, 5.41) is 9.47. The Hall–Kier alpha value is -4.74. The normalized spacial score (nSPS) is 11.3. The van der Waals surface area contributed by atoms with Gasteiger partial charge in [-0.3, -0.25) is 14.6 Å². The minimum absolute atomic E-state index is 0.147. The number of nitrogens with zero attached hydrogens (tertiary/aromatic N) is 4. The lowest BCUT2D eigenvalue weighted by Crippen LogP contribution is -2.28. The van der Waals surface area contributed by atoms with Crippen molar-refractivity contribution in [3.05, 3.63) is 78.4 Å². The monoisotopic (exact) mass is 479 g/mol. The van der Waals surface area contributed by atoms with Gasteiger partial charge >= 0.3 is 0 Å². The summed E-state index contributed by atoms with van der Waals surface area (Å²) < 4.78 is 39.8. The second-order valence-electron chi connectivity index (χ2n) is 7.57. The van der Waals surface area contributed by atoms with Crippen molar-refractivity contribution >= 4 is 34.1 Å². The Balaban J connectivity index is 1.48. The SMILES string of the molecule is O=C(Nc1cncc(F)c1)c1cnc2[nH]cc(-c3ccn4ncc(C(=O)NCC(F)F)c4c3)c2c1. The predicted octanol–water partition coefficient (Wildman–Crippen LogP) is 3.66.